The average molecular weight is 200 g/mol. The number of rotatable bonds is 3. The third kappa shape index (κ3) is 3.23. The summed E-state index contributed by atoms with van der Waals surface area (Å²) >= 11 is 0. The summed E-state index contributed by atoms with van der Waals surface area (Å²) in [4.78, 5) is 2.48. The van der Waals surface area contributed by atoms with Gasteiger partial charge in [-0.2, -0.15) is 0 Å². The summed E-state index contributed by atoms with van der Waals surface area (Å²) in [5.74, 6) is 0. The maximum atomic E-state index is 8.96. The molecule has 84 valence electrons. The lowest BCUT2D eigenvalue weighted by Gasteiger charge is -2.45. The molecule has 0 bridgehead atoms. The van der Waals surface area contributed by atoms with Crippen LogP contribution in [0, 0.1) is 0 Å². The van der Waals surface area contributed by atoms with Crippen molar-refractivity contribution < 1.29 is 5.11 Å². The lowest BCUT2D eigenvalue weighted by atomic mass is 9.96. The molecule has 0 spiro atoms. The van der Waals surface area contributed by atoms with Gasteiger partial charge in [0.1, 0.15) is 0 Å². The molecular weight excluding hydrogens is 176 g/mol. The summed E-state index contributed by atoms with van der Waals surface area (Å²) in [6, 6.07) is 1.03. The van der Waals surface area contributed by atoms with Crippen molar-refractivity contribution in [3.05, 3.63) is 0 Å². The number of nitrogens with one attached hydrogen (secondary N) is 1. The lowest BCUT2D eigenvalue weighted by molar-refractivity contribution is 0.0807. The van der Waals surface area contributed by atoms with Gasteiger partial charge in [0.15, 0.2) is 0 Å². The average Bonchev–Trinajstić information content (AvgIpc) is 2.01. The van der Waals surface area contributed by atoms with Crippen LogP contribution in [0.2, 0.25) is 0 Å². The van der Waals surface area contributed by atoms with E-state index in [2.05, 4.69) is 37.9 Å². The van der Waals surface area contributed by atoms with Crippen molar-refractivity contribution in [1.29, 1.82) is 0 Å². The Balaban J connectivity index is 2.57. The van der Waals surface area contributed by atoms with E-state index in [1.807, 2.05) is 0 Å². The van der Waals surface area contributed by atoms with Crippen molar-refractivity contribution in [2.45, 2.75) is 51.7 Å². The van der Waals surface area contributed by atoms with Gasteiger partial charge < -0.3 is 10.4 Å². The summed E-state index contributed by atoms with van der Waals surface area (Å²) in [7, 11) is 0. The van der Waals surface area contributed by atoms with Crippen LogP contribution in [0.15, 0.2) is 0 Å². The van der Waals surface area contributed by atoms with Crippen LogP contribution in [0.3, 0.4) is 0 Å². The molecule has 1 aliphatic heterocycles. The molecule has 14 heavy (non-hydrogen) atoms. The Bertz CT molecular complexity index is 180. The van der Waals surface area contributed by atoms with Crippen LogP contribution in [-0.4, -0.2) is 47.3 Å². The Labute approximate surface area is 87.5 Å². The molecule has 1 atom stereocenters. The van der Waals surface area contributed by atoms with Gasteiger partial charge in [-0.1, -0.05) is 0 Å². The van der Waals surface area contributed by atoms with Crippen molar-refractivity contribution in [3.8, 4) is 0 Å². The SMILES string of the molecule is CC(C)N1CC(CCO)NC(C)(C)C1. The molecule has 3 heteroatoms. The van der Waals surface area contributed by atoms with E-state index < -0.39 is 0 Å². The van der Waals surface area contributed by atoms with Gasteiger partial charge in [0, 0.05) is 37.3 Å². The first-order valence-electron chi connectivity index (χ1n) is 5.57. The molecule has 0 aromatic heterocycles. The van der Waals surface area contributed by atoms with Crippen molar-refractivity contribution in [2.24, 2.45) is 0 Å². The van der Waals surface area contributed by atoms with Crippen molar-refractivity contribution in [1.82, 2.24) is 10.2 Å². The largest absolute Gasteiger partial charge is 0.396 e. The van der Waals surface area contributed by atoms with Crippen LogP contribution < -0.4 is 5.32 Å². The normalized spacial score (nSPS) is 28.3. The Morgan fingerprint density at radius 3 is 2.64 bits per heavy atom. The second kappa shape index (κ2) is 4.60. The zero-order valence-corrected chi connectivity index (χ0v) is 9.88. The fourth-order valence-electron chi connectivity index (χ4n) is 2.21. The number of nitrogens with zero attached hydrogens (tertiary/aromatic N) is 1. The molecule has 2 N–H and O–H groups in total. The highest BCUT2D eigenvalue weighted by atomic mass is 16.3. The number of hydrogen-bond acceptors (Lipinski definition) is 3. The van der Waals surface area contributed by atoms with Crippen molar-refractivity contribution in [3.63, 3.8) is 0 Å². The fraction of sp³-hybridized carbons (Fsp3) is 1.00. The van der Waals surface area contributed by atoms with E-state index in [1.165, 1.54) is 0 Å². The van der Waals surface area contributed by atoms with E-state index in [9.17, 15) is 0 Å². The Morgan fingerprint density at radius 1 is 1.50 bits per heavy atom. The van der Waals surface area contributed by atoms with Gasteiger partial charge >= 0.3 is 0 Å². The third-order valence-corrected chi connectivity index (χ3v) is 2.86. The van der Waals surface area contributed by atoms with Gasteiger partial charge in [-0.15, -0.1) is 0 Å². The molecule has 1 heterocycles. The van der Waals surface area contributed by atoms with Gasteiger partial charge in [0.25, 0.3) is 0 Å². The highest BCUT2D eigenvalue weighted by Crippen LogP contribution is 2.17. The van der Waals surface area contributed by atoms with E-state index in [4.69, 9.17) is 5.11 Å². The van der Waals surface area contributed by atoms with E-state index in [-0.39, 0.29) is 12.1 Å². The maximum absolute atomic E-state index is 8.96. The minimum atomic E-state index is 0.169. The predicted molar refractivity (Wildman–Crippen MR) is 59.4 cm³/mol. The first-order chi connectivity index (χ1) is 6.44. The van der Waals surface area contributed by atoms with Gasteiger partial charge in [-0.05, 0) is 34.1 Å². The highest BCUT2D eigenvalue weighted by Gasteiger charge is 2.32. The zero-order chi connectivity index (χ0) is 10.8. The molecule has 1 saturated heterocycles. The third-order valence-electron chi connectivity index (χ3n) is 2.86. The van der Waals surface area contributed by atoms with Crippen LogP contribution in [0.4, 0.5) is 0 Å². The van der Waals surface area contributed by atoms with E-state index in [0.717, 1.165) is 19.5 Å². The zero-order valence-electron chi connectivity index (χ0n) is 9.88. The number of aliphatic hydroxyl groups is 1. The molecule has 1 rings (SSSR count). The minimum absolute atomic E-state index is 0.169. The molecule has 1 fully saturated rings. The second-order valence-corrected chi connectivity index (χ2v) is 5.26. The Morgan fingerprint density at radius 2 is 2.14 bits per heavy atom. The topological polar surface area (TPSA) is 35.5 Å². The smallest absolute Gasteiger partial charge is 0.0446 e. The Kier molecular flexibility index (Phi) is 3.93. The van der Waals surface area contributed by atoms with Crippen molar-refractivity contribution in [2.75, 3.05) is 19.7 Å². The molecule has 0 aliphatic carbocycles. The summed E-state index contributed by atoms with van der Waals surface area (Å²) in [5, 5.41) is 12.5. The monoisotopic (exact) mass is 200 g/mol. The van der Waals surface area contributed by atoms with E-state index >= 15 is 0 Å². The first kappa shape index (κ1) is 12.0. The molecule has 1 unspecified atom stereocenters. The van der Waals surface area contributed by atoms with Gasteiger partial charge in [0.2, 0.25) is 0 Å². The summed E-state index contributed by atoms with van der Waals surface area (Å²) in [5.41, 5.74) is 0.169. The quantitative estimate of drug-likeness (QED) is 0.708. The van der Waals surface area contributed by atoms with Gasteiger partial charge in [-0.3, -0.25) is 4.90 Å². The second-order valence-electron chi connectivity index (χ2n) is 5.26. The number of piperazine rings is 1. The summed E-state index contributed by atoms with van der Waals surface area (Å²) < 4.78 is 0. The predicted octanol–water partition coefficient (Wildman–Crippen LogP) is 0.830. The standard InChI is InChI=1S/C11H24N2O/c1-9(2)13-7-10(5-6-14)12-11(3,4)8-13/h9-10,12,14H,5-8H2,1-4H3. The van der Waals surface area contributed by atoms with E-state index in [0.29, 0.717) is 12.1 Å². The van der Waals surface area contributed by atoms with Crippen LogP contribution in [-0.2, 0) is 0 Å². The van der Waals surface area contributed by atoms with Crippen molar-refractivity contribution >= 4 is 0 Å². The lowest BCUT2D eigenvalue weighted by Crippen LogP contribution is -2.63. The van der Waals surface area contributed by atoms with Crippen LogP contribution in [0.25, 0.3) is 0 Å². The summed E-state index contributed by atoms with van der Waals surface area (Å²) in [6.07, 6.45) is 0.854. The molecule has 1 aliphatic rings. The molecule has 0 aromatic rings. The molecule has 0 aromatic carbocycles. The molecule has 3 nitrogen and oxygen atoms in total. The van der Waals surface area contributed by atoms with Gasteiger partial charge in [0.05, 0.1) is 0 Å². The van der Waals surface area contributed by atoms with Gasteiger partial charge in [-0.25, -0.2) is 0 Å². The molecule has 0 amide bonds. The van der Waals surface area contributed by atoms with E-state index in [1.54, 1.807) is 0 Å². The van der Waals surface area contributed by atoms with Crippen LogP contribution in [0.1, 0.15) is 34.1 Å². The minimum Gasteiger partial charge on any atom is -0.396 e. The maximum Gasteiger partial charge on any atom is 0.0446 e. The summed E-state index contributed by atoms with van der Waals surface area (Å²) in [6.45, 7) is 11.3. The highest BCUT2D eigenvalue weighted by molar-refractivity contribution is 4.93. The number of aliphatic hydroxyl groups excluding tert-OH is 1. The van der Waals surface area contributed by atoms with Crippen LogP contribution in [0.5, 0.6) is 0 Å². The Hall–Kier alpha value is -0.120. The van der Waals surface area contributed by atoms with Crippen LogP contribution >= 0.6 is 0 Å². The fourth-order valence-corrected chi connectivity index (χ4v) is 2.21. The molecule has 0 radical (unpaired) electrons. The first-order valence-corrected chi connectivity index (χ1v) is 5.57. The number of hydrogen-bond donors (Lipinski definition) is 2. The molecule has 0 saturated carbocycles. The molecular formula is C11H24N2O.